The minimum Gasteiger partial charge on any atom is -0.320 e. The lowest BCUT2D eigenvalue weighted by molar-refractivity contribution is 0.206. The smallest absolute Gasteiger partial charge is 0.320 e. The first-order valence-electron chi connectivity index (χ1n) is 9.72. The zero-order valence-corrected chi connectivity index (χ0v) is 16.1. The topological polar surface area (TPSA) is 73.9 Å². The number of para-hydroxylation sites is 1. The highest BCUT2D eigenvalue weighted by atomic mass is 16.2. The molecule has 1 aliphatic heterocycles. The first-order chi connectivity index (χ1) is 14.2. The van der Waals surface area contributed by atoms with Gasteiger partial charge in [-0.2, -0.15) is 5.10 Å². The third kappa shape index (κ3) is 3.12. The van der Waals surface area contributed by atoms with Gasteiger partial charge < -0.3 is 10.2 Å². The van der Waals surface area contributed by atoms with Crippen molar-refractivity contribution >= 4 is 22.8 Å². The molecule has 1 aliphatic rings. The lowest BCUT2D eigenvalue weighted by Crippen LogP contribution is -2.39. The van der Waals surface area contributed by atoms with Crippen LogP contribution in [0, 0.1) is 6.92 Å². The van der Waals surface area contributed by atoms with Gasteiger partial charge in [0.15, 0.2) is 5.65 Å². The Labute approximate surface area is 168 Å². The molecule has 2 aromatic heterocycles. The molecule has 144 valence electrons. The lowest BCUT2D eigenvalue weighted by Gasteiger charge is -2.29. The molecular weight excluding hydrogens is 362 g/mol. The molecule has 0 saturated carbocycles. The summed E-state index contributed by atoms with van der Waals surface area (Å²) in [6.07, 6.45) is 2.63. The van der Waals surface area contributed by atoms with Gasteiger partial charge in [-0.3, -0.25) is 5.10 Å². The highest BCUT2D eigenvalue weighted by Gasteiger charge is 2.25. The summed E-state index contributed by atoms with van der Waals surface area (Å²) in [5.41, 5.74) is 7.12. The number of anilines is 1. The molecule has 2 N–H and O–H groups in total. The van der Waals surface area contributed by atoms with E-state index in [0.717, 1.165) is 40.0 Å². The van der Waals surface area contributed by atoms with Gasteiger partial charge in [0.25, 0.3) is 0 Å². The van der Waals surface area contributed by atoms with Crippen molar-refractivity contribution in [2.45, 2.75) is 19.9 Å². The van der Waals surface area contributed by atoms with Crippen molar-refractivity contribution in [3.05, 3.63) is 77.5 Å². The molecule has 29 heavy (non-hydrogen) atoms. The number of aryl methyl sites for hydroxylation is 1. The number of rotatable bonds is 2. The molecule has 2 aromatic carbocycles. The molecule has 0 spiro atoms. The van der Waals surface area contributed by atoms with E-state index in [1.807, 2.05) is 53.6 Å². The van der Waals surface area contributed by atoms with E-state index in [-0.39, 0.29) is 6.03 Å². The summed E-state index contributed by atoms with van der Waals surface area (Å²) in [7, 11) is 0. The van der Waals surface area contributed by atoms with Gasteiger partial charge in [0.1, 0.15) is 5.69 Å². The molecule has 0 saturated heterocycles. The number of H-pyrrole nitrogens is 1. The molecule has 0 radical (unpaired) electrons. The summed E-state index contributed by atoms with van der Waals surface area (Å²) in [6, 6.07) is 17.7. The minimum absolute atomic E-state index is 0.0896. The number of nitrogens with zero attached hydrogens (tertiary/aromatic N) is 3. The second-order valence-electron chi connectivity index (χ2n) is 7.34. The standard InChI is InChI=1S/C23H21N5O/c1-15-7-5-6-10-18(15)21-20-19-11-12-28(14-16(19)13-24-22(20)27-26-21)23(29)25-17-8-3-2-4-9-17/h2-10,13H,11-12,14H2,1H3,(H,25,29)(H,24,26,27). The molecular formula is C23H21N5O. The number of hydrogen-bond donors (Lipinski definition) is 2. The number of pyridine rings is 1. The quantitative estimate of drug-likeness (QED) is 0.534. The lowest BCUT2D eigenvalue weighted by atomic mass is 9.95. The van der Waals surface area contributed by atoms with Crippen molar-refractivity contribution in [3.63, 3.8) is 0 Å². The maximum absolute atomic E-state index is 12.7. The predicted octanol–water partition coefficient (Wildman–Crippen LogP) is 4.52. The third-order valence-electron chi connectivity index (χ3n) is 5.49. The average molecular weight is 383 g/mol. The van der Waals surface area contributed by atoms with Crippen molar-refractivity contribution in [1.82, 2.24) is 20.1 Å². The van der Waals surface area contributed by atoms with Crippen LogP contribution in [0.5, 0.6) is 0 Å². The van der Waals surface area contributed by atoms with Crippen LogP contribution in [0.1, 0.15) is 16.7 Å². The number of nitrogens with one attached hydrogen (secondary N) is 2. The van der Waals surface area contributed by atoms with Crippen LogP contribution in [0.2, 0.25) is 0 Å². The van der Waals surface area contributed by atoms with Crippen molar-refractivity contribution in [1.29, 1.82) is 0 Å². The Balaban J connectivity index is 1.48. The molecule has 0 atom stereocenters. The van der Waals surface area contributed by atoms with Crippen molar-refractivity contribution in [3.8, 4) is 11.3 Å². The number of hydrogen-bond acceptors (Lipinski definition) is 3. The van der Waals surface area contributed by atoms with Crippen molar-refractivity contribution in [2.75, 3.05) is 11.9 Å². The predicted molar refractivity (Wildman–Crippen MR) is 114 cm³/mol. The SMILES string of the molecule is Cc1ccccc1-c1n[nH]c2ncc3c(c12)CCN(C(=O)Nc1ccccc1)C3. The van der Waals surface area contributed by atoms with E-state index in [2.05, 4.69) is 39.6 Å². The Hall–Kier alpha value is -3.67. The molecule has 0 fully saturated rings. The maximum atomic E-state index is 12.7. The van der Waals surface area contributed by atoms with Gasteiger partial charge in [0, 0.05) is 30.5 Å². The summed E-state index contributed by atoms with van der Waals surface area (Å²) >= 11 is 0. The van der Waals surface area contributed by atoms with Crippen LogP contribution >= 0.6 is 0 Å². The number of benzene rings is 2. The van der Waals surface area contributed by atoms with E-state index in [1.54, 1.807) is 0 Å². The number of aromatic amines is 1. The Morgan fingerprint density at radius 3 is 2.72 bits per heavy atom. The largest absolute Gasteiger partial charge is 0.322 e. The summed E-state index contributed by atoms with van der Waals surface area (Å²) in [6.45, 7) is 3.28. The van der Waals surface area contributed by atoms with Gasteiger partial charge in [-0.1, -0.05) is 42.5 Å². The van der Waals surface area contributed by atoms with Gasteiger partial charge in [0.05, 0.1) is 5.39 Å². The molecule has 3 heterocycles. The van der Waals surface area contributed by atoms with Gasteiger partial charge in [-0.15, -0.1) is 0 Å². The van der Waals surface area contributed by atoms with Crippen molar-refractivity contribution in [2.24, 2.45) is 0 Å². The Kier molecular flexibility index (Phi) is 4.24. The second kappa shape index (κ2) is 7.05. The zero-order valence-electron chi connectivity index (χ0n) is 16.1. The van der Waals surface area contributed by atoms with E-state index in [1.165, 1.54) is 11.1 Å². The van der Waals surface area contributed by atoms with Crippen LogP contribution in [0.25, 0.3) is 22.3 Å². The molecule has 6 nitrogen and oxygen atoms in total. The van der Waals surface area contributed by atoms with E-state index in [4.69, 9.17) is 0 Å². The Morgan fingerprint density at radius 2 is 1.90 bits per heavy atom. The fraction of sp³-hybridized carbons (Fsp3) is 0.174. The summed E-state index contributed by atoms with van der Waals surface area (Å²) in [5, 5.41) is 11.7. The van der Waals surface area contributed by atoms with Crippen LogP contribution in [0.3, 0.4) is 0 Å². The Morgan fingerprint density at radius 1 is 1.10 bits per heavy atom. The van der Waals surface area contributed by atoms with Crippen LogP contribution in [-0.2, 0) is 13.0 Å². The number of urea groups is 1. The monoisotopic (exact) mass is 383 g/mol. The Bertz CT molecular complexity index is 1200. The first-order valence-corrected chi connectivity index (χ1v) is 9.72. The number of aromatic nitrogens is 3. The second-order valence-corrected chi connectivity index (χ2v) is 7.34. The molecule has 0 bridgehead atoms. The summed E-state index contributed by atoms with van der Waals surface area (Å²) in [4.78, 5) is 19.1. The summed E-state index contributed by atoms with van der Waals surface area (Å²) < 4.78 is 0. The fourth-order valence-electron chi connectivity index (χ4n) is 3.98. The van der Waals surface area contributed by atoms with E-state index < -0.39 is 0 Å². The van der Waals surface area contributed by atoms with Crippen LogP contribution in [-0.4, -0.2) is 32.7 Å². The minimum atomic E-state index is -0.0896. The average Bonchev–Trinajstić information content (AvgIpc) is 3.19. The highest BCUT2D eigenvalue weighted by molar-refractivity contribution is 5.95. The number of fused-ring (bicyclic) bond motifs is 3. The van der Waals surface area contributed by atoms with Crippen LogP contribution in [0.4, 0.5) is 10.5 Å². The van der Waals surface area contributed by atoms with Gasteiger partial charge in [-0.25, -0.2) is 9.78 Å². The molecule has 2 amide bonds. The van der Waals surface area contributed by atoms with E-state index >= 15 is 0 Å². The fourth-order valence-corrected chi connectivity index (χ4v) is 3.98. The zero-order chi connectivity index (χ0) is 19.8. The normalized spacial score (nSPS) is 13.3. The van der Waals surface area contributed by atoms with Crippen molar-refractivity contribution < 1.29 is 4.79 Å². The highest BCUT2D eigenvalue weighted by Crippen LogP contribution is 2.34. The molecule has 6 heteroatoms. The number of carbonyl (C=O) groups excluding carboxylic acids is 1. The summed E-state index contributed by atoms with van der Waals surface area (Å²) in [5.74, 6) is 0. The van der Waals surface area contributed by atoms with Gasteiger partial charge in [-0.05, 0) is 42.2 Å². The molecule has 0 aliphatic carbocycles. The van der Waals surface area contributed by atoms with Crippen LogP contribution in [0.15, 0.2) is 60.8 Å². The van der Waals surface area contributed by atoms with E-state index in [9.17, 15) is 4.79 Å². The number of amides is 2. The first kappa shape index (κ1) is 17.4. The van der Waals surface area contributed by atoms with Gasteiger partial charge >= 0.3 is 6.03 Å². The number of carbonyl (C=O) groups is 1. The van der Waals surface area contributed by atoms with Crippen LogP contribution < -0.4 is 5.32 Å². The molecule has 4 aromatic rings. The van der Waals surface area contributed by atoms with E-state index in [0.29, 0.717) is 13.1 Å². The maximum Gasteiger partial charge on any atom is 0.322 e. The molecule has 5 rings (SSSR count). The third-order valence-corrected chi connectivity index (χ3v) is 5.49. The molecule has 0 unspecified atom stereocenters. The van der Waals surface area contributed by atoms with Gasteiger partial charge in [0.2, 0.25) is 0 Å².